The van der Waals surface area contributed by atoms with Gasteiger partial charge < -0.3 is 15.2 Å². The second-order valence-corrected chi connectivity index (χ2v) is 11.0. The Balaban J connectivity index is 1.08. The van der Waals surface area contributed by atoms with Gasteiger partial charge in [-0.25, -0.2) is 33.1 Å². The number of aryl methyl sites for hydroxylation is 1. The maximum atomic E-state index is 15.0. The lowest BCUT2D eigenvalue weighted by Crippen LogP contribution is -2.59. The van der Waals surface area contributed by atoms with Crippen LogP contribution < -0.4 is 10.6 Å². The zero-order valence-electron chi connectivity index (χ0n) is 21.4. The van der Waals surface area contributed by atoms with E-state index in [4.69, 9.17) is 0 Å². The van der Waals surface area contributed by atoms with Gasteiger partial charge in [-0.15, -0.1) is 0 Å². The average Bonchev–Trinajstić information content (AvgIpc) is 3.50. The second-order valence-electron chi connectivity index (χ2n) is 11.0. The molecule has 2 saturated heterocycles. The van der Waals surface area contributed by atoms with Crippen molar-refractivity contribution >= 4 is 22.8 Å². The number of nitrogens with zero attached hydrogens (tertiary/aromatic N) is 6. The van der Waals surface area contributed by atoms with Crippen LogP contribution in [0.25, 0.3) is 22.3 Å². The molecule has 4 aromatic rings. The zero-order chi connectivity index (χ0) is 26.6. The fourth-order valence-corrected chi connectivity index (χ4v) is 6.37. The van der Waals surface area contributed by atoms with Gasteiger partial charge in [-0.1, -0.05) is 6.07 Å². The second kappa shape index (κ2) is 9.56. The van der Waals surface area contributed by atoms with Crippen LogP contribution in [-0.4, -0.2) is 62.3 Å². The van der Waals surface area contributed by atoms with Crippen LogP contribution in [0, 0.1) is 17.0 Å². The third kappa shape index (κ3) is 4.43. The minimum atomic E-state index is -0.688. The first kappa shape index (κ1) is 24.5. The zero-order valence-corrected chi connectivity index (χ0v) is 21.4. The van der Waals surface area contributed by atoms with Crippen molar-refractivity contribution < 1.29 is 13.2 Å². The minimum absolute atomic E-state index is 0.0557. The summed E-state index contributed by atoms with van der Waals surface area (Å²) in [5.41, 5.74) is 2.39. The third-order valence-electron chi connectivity index (χ3n) is 8.34. The first-order valence-corrected chi connectivity index (χ1v) is 13.4. The Morgan fingerprint density at radius 1 is 1.03 bits per heavy atom. The van der Waals surface area contributed by atoms with Crippen LogP contribution in [0.4, 0.5) is 24.9 Å². The van der Waals surface area contributed by atoms with E-state index in [0.29, 0.717) is 35.4 Å². The van der Waals surface area contributed by atoms with E-state index in [1.54, 1.807) is 10.6 Å². The molecule has 2 fully saturated rings. The molecule has 3 aromatic heterocycles. The molecule has 3 aliphatic heterocycles. The molecule has 0 amide bonds. The van der Waals surface area contributed by atoms with E-state index in [2.05, 4.69) is 35.5 Å². The fourth-order valence-electron chi connectivity index (χ4n) is 6.37. The van der Waals surface area contributed by atoms with E-state index in [0.717, 1.165) is 44.5 Å². The van der Waals surface area contributed by atoms with Gasteiger partial charge in [0.25, 0.3) is 0 Å². The molecule has 1 atom stereocenters. The Bertz CT molecular complexity index is 1520. The van der Waals surface area contributed by atoms with Crippen LogP contribution in [0.5, 0.6) is 0 Å². The normalized spacial score (nSPS) is 20.3. The Hall–Kier alpha value is -3.57. The molecule has 2 N–H and O–H groups in total. The lowest BCUT2D eigenvalue weighted by Gasteiger charge is -2.52. The molecule has 39 heavy (non-hydrogen) atoms. The van der Waals surface area contributed by atoms with Crippen LogP contribution in [0.3, 0.4) is 0 Å². The molecule has 3 aliphatic rings. The number of nitrogens with one attached hydrogen (secondary N) is 2. The van der Waals surface area contributed by atoms with Crippen LogP contribution >= 0.6 is 0 Å². The summed E-state index contributed by atoms with van der Waals surface area (Å²) in [5.74, 6) is 0.0224. The highest BCUT2D eigenvalue weighted by atomic mass is 19.1. The number of alkyl halides is 1. The van der Waals surface area contributed by atoms with Crippen LogP contribution in [0.15, 0.2) is 36.7 Å². The Kier molecular flexibility index (Phi) is 6.00. The molecule has 8 nitrogen and oxygen atoms in total. The Labute approximate surface area is 223 Å². The van der Waals surface area contributed by atoms with Crippen molar-refractivity contribution in [2.75, 3.05) is 38.2 Å². The highest BCUT2D eigenvalue weighted by molar-refractivity contribution is 5.83. The highest BCUT2D eigenvalue weighted by Gasteiger charge is 2.43. The first-order valence-electron chi connectivity index (χ1n) is 13.4. The molecule has 202 valence electrons. The summed E-state index contributed by atoms with van der Waals surface area (Å²) in [7, 11) is 0. The highest BCUT2D eigenvalue weighted by Crippen LogP contribution is 2.39. The van der Waals surface area contributed by atoms with Gasteiger partial charge in [0.2, 0.25) is 5.95 Å². The summed E-state index contributed by atoms with van der Waals surface area (Å²) in [4.78, 5) is 19.7. The summed E-state index contributed by atoms with van der Waals surface area (Å²) >= 11 is 0. The van der Waals surface area contributed by atoms with Crippen molar-refractivity contribution in [3.05, 3.63) is 59.7 Å². The van der Waals surface area contributed by atoms with Crippen molar-refractivity contribution in [3.8, 4) is 11.3 Å². The number of imidazole rings is 1. The lowest BCUT2D eigenvalue weighted by atomic mass is 9.72. The number of aromatic nitrogens is 5. The van der Waals surface area contributed by atoms with Gasteiger partial charge in [-0.2, -0.15) is 0 Å². The first-order chi connectivity index (χ1) is 19.0. The maximum Gasteiger partial charge on any atom is 0.229 e. The van der Waals surface area contributed by atoms with Crippen molar-refractivity contribution in [2.24, 2.45) is 5.41 Å². The fraction of sp³-hybridized carbons (Fsp3) is 0.429. The van der Waals surface area contributed by atoms with E-state index >= 15 is 0 Å². The number of hydrogen-bond donors (Lipinski definition) is 2. The average molecular weight is 535 g/mol. The predicted octanol–water partition coefficient (Wildman–Crippen LogP) is 4.55. The maximum absolute atomic E-state index is 15.0. The van der Waals surface area contributed by atoms with Crippen LogP contribution in [0.1, 0.15) is 36.7 Å². The number of pyridine rings is 1. The molecule has 1 spiro atoms. The quantitative estimate of drug-likeness (QED) is 0.376. The standard InChI is InChI=1S/C28H29F3N8/c29-11-19-2-4-24-36-26-20(30)9-18(10-22(26)39(19)24)25-21(31)13-34-27(37-25)35-23-3-1-17(12-33-23)14-38-15-28(16-38)5-7-32-8-6-28/h1,3,9-10,12-13,19,32H,2,4-8,11,14-16H2,(H,33,34,35,37)/t19-/m0/s1. The molecule has 0 aliphatic carbocycles. The summed E-state index contributed by atoms with van der Waals surface area (Å²) < 4.78 is 45.1. The molecular weight excluding hydrogens is 505 g/mol. The molecule has 0 radical (unpaired) electrons. The monoisotopic (exact) mass is 534 g/mol. The van der Waals surface area contributed by atoms with Crippen molar-refractivity contribution in [2.45, 2.75) is 38.3 Å². The third-order valence-corrected chi connectivity index (χ3v) is 8.34. The topological polar surface area (TPSA) is 83.8 Å². The van der Waals surface area contributed by atoms with Crippen molar-refractivity contribution in [3.63, 3.8) is 0 Å². The van der Waals surface area contributed by atoms with E-state index in [9.17, 15) is 13.2 Å². The largest absolute Gasteiger partial charge is 0.322 e. The number of benzene rings is 1. The number of halogens is 3. The van der Waals surface area contributed by atoms with Crippen molar-refractivity contribution in [1.29, 1.82) is 0 Å². The van der Waals surface area contributed by atoms with Gasteiger partial charge in [0.15, 0.2) is 11.6 Å². The smallest absolute Gasteiger partial charge is 0.229 e. The number of rotatable bonds is 6. The summed E-state index contributed by atoms with van der Waals surface area (Å²) in [5, 5.41) is 6.46. The summed E-state index contributed by atoms with van der Waals surface area (Å²) in [6, 6.07) is 6.29. The molecule has 0 bridgehead atoms. The number of fused-ring (bicyclic) bond motifs is 3. The summed E-state index contributed by atoms with van der Waals surface area (Å²) in [6.45, 7) is 4.76. The van der Waals surface area contributed by atoms with E-state index in [-0.39, 0.29) is 22.7 Å². The van der Waals surface area contributed by atoms with E-state index in [1.165, 1.54) is 18.9 Å². The molecule has 11 heteroatoms. The van der Waals surface area contributed by atoms with Crippen molar-refractivity contribution in [1.82, 2.24) is 34.7 Å². The molecular formula is C28H29F3N8. The van der Waals surface area contributed by atoms with Gasteiger partial charge >= 0.3 is 0 Å². The Morgan fingerprint density at radius 2 is 1.87 bits per heavy atom. The minimum Gasteiger partial charge on any atom is -0.322 e. The van der Waals surface area contributed by atoms with E-state index < -0.39 is 24.4 Å². The lowest BCUT2D eigenvalue weighted by molar-refractivity contribution is -0.0282. The van der Waals surface area contributed by atoms with Gasteiger partial charge in [0, 0.05) is 37.8 Å². The molecule has 6 heterocycles. The summed E-state index contributed by atoms with van der Waals surface area (Å²) in [6.07, 6.45) is 6.55. The van der Waals surface area contributed by atoms with Crippen LogP contribution in [0.2, 0.25) is 0 Å². The molecule has 0 unspecified atom stereocenters. The predicted molar refractivity (Wildman–Crippen MR) is 141 cm³/mol. The van der Waals surface area contributed by atoms with Gasteiger partial charge in [-0.05, 0) is 61.5 Å². The molecule has 1 aromatic carbocycles. The SMILES string of the molecule is FC[C@@H]1CCc2nc3c(F)cc(-c4nc(Nc5ccc(CN6CC7(CCNCC7)C6)cn5)ncc4F)cc3n21. The Morgan fingerprint density at radius 3 is 2.64 bits per heavy atom. The molecule has 7 rings (SSSR count). The number of likely N-dealkylation sites (tertiary alicyclic amines) is 1. The number of anilines is 2. The number of hydrogen-bond acceptors (Lipinski definition) is 7. The van der Waals surface area contributed by atoms with E-state index in [1.807, 2.05) is 18.3 Å². The van der Waals surface area contributed by atoms with Gasteiger partial charge in [0.1, 0.15) is 29.5 Å². The van der Waals surface area contributed by atoms with Crippen LogP contribution in [-0.2, 0) is 13.0 Å². The molecule has 0 saturated carbocycles. The number of piperidine rings is 1. The van der Waals surface area contributed by atoms with Gasteiger partial charge in [0.05, 0.1) is 17.8 Å². The van der Waals surface area contributed by atoms with Gasteiger partial charge in [-0.3, -0.25) is 4.90 Å².